The molecule has 3 heterocycles. The number of nitrogens with zero attached hydrogens (tertiary/aromatic N) is 5. The van der Waals surface area contributed by atoms with E-state index >= 15 is 0 Å². The molecule has 134 valence electrons. The second-order valence-electron chi connectivity index (χ2n) is 6.39. The van der Waals surface area contributed by atoms with Crippen LogP contribution in [0.15, 0.2) is 16.9 Å². The lowest BCUT2D eigenvalue weighted by atomic mass is 10.3. The van der Waals surface area contributed by atoms with Gasteiger partial charge in [-0.2, -0.15) is 22.1 Å². The zero-order valence-electron chi connectivity index (χ0n) is 14.1. The van der Waals surface area contributed by atoms with Crippen LogP contribution in [0.4, 0.5) is 0 Å². The molecule has 0 unspecified atom stereocenters. The lowest BCUT2D eigenvalue weighted by Gasteiger charge is -2.35. The first-order valence-electron chi connectivity index (χ1n) is 8.49. The van der Waals surface area contributed by atoms with E-state index in [-0.39, 0.29) is 5.56 Å². The Hall–Kier alpha value is -1.29. The van der Waals surface area contributed by atoms with Crippen molar-refractivity contribution in [1.29, 1.82) is 0 Å². The quantitative estimate of drug-likeness (QED) is 0.712. The highest BCUT2D eigenvalue weighted by Crippen LogP contribution is 2.17. The highest BCUT2D eigenvalue weighted by Gasteiger charge is 2.33. The molecule has 1 aromatic heterocycles. The summed E-state index contributed by atoms with van der Waals surface area (Å²) in [5.41, 5.74) is 0.715. The average Bonchev–Trinajstić information content (AvgIpc) is 3.11. The van der Waals surface area contributed by atoms with Gasteiger partial charge in [-0.1, -0.05) is 0 Å². The van der Waals surface area contributed by atoms with Gasteiger partial charge in [0.05, 0.1) is 12.2 Å². The summed E-state index contributed by atoms with van der Waals surface area (Å²) in [6.07, 6.45) is 1.91. The van der Waals surface area contributed by atoms with Gasteiger partial charge in [0.1, 0.15) is 0 Å². The van der Waals surface area contributed by atoms with Crippen molar-refractivity contribution in [2.24, 2.45) is 0 Å². The molecule has 0 aliphatic carbocycles. The van der Waals surface area contributed by atoms with Crippen molar-refractivity contribution in [3.05, 3.63) is 28.2 Å². The van der Waals surface area contributed by atoms with Crippen molar-refractivity contribution >= 4 is 10.2 Å². The Bertz CT molecular complexity index is 719. The van der Waals surface area contributed by atoms with E-state index in [1.54, 1.807) is 14.7 Å². The normalized spacial score (nSPS) is 21.4. The van der Waals surface area contributed by atoms with E-state index < -0.39 is 10.2 Å². The van der Waals surface area contributed by atoms with Crippen molar-refractivity contribution < 1.29 is 8.42 Å². The second kappa shape index (κ2) is 7.30. The number of rotatable bonds is 5. The molecule has 0 radical (unpaired) electrons. The van der Waals surface area contributed by atoms with Crippen LogP contribution in [0.2, 0.25) is 0 Å². The van der Waals surface area contributed by atoms with E-state index in [4.69, 9.17) is 0 Å². The lowest BCUT2D eigenvalue weighted by Crippen LogP contribution is -2.53. The van der Waals surface area contributed by atoms with Crippen molar-refractivity contribution in [1.82, 2.24) is 23.3 Å². The van der Waals surface area contributed by atoms with Gasteiger partial charge in [-0.25, -0.2) is 4.68 Å². The van der Waals surface area contributed by atoms with E-state index in [1.165, 1.54) is 10.7 Å². The standard InChI is InChI=1S/C15H25N5O3S/c1-14-4-5-15(21)20(16-14)13-10-17-8-11-19(12-9-17)24(22,23)18-6-2-3-7-18/h4-5H,2-3,6-13H2,1H3. The summed E-state index contributed by atoms with van der Waals surface area (Å²) in [6.45, 7) is 6.77. The fourth-order valence-electron chi connectivity index (χ4n) is 3.21. The van der Waals surface area contributed by atoms with Gasteiger partial charge in [0.25, 0.3) is 15.8 Å². The van der Waals surface area contributed by atoms with Crippen LogP contribution in [0, 0.1) is 6.92 Å². The largest absolute Gasteiger partial charge is 0.299 e. The van der Waals surface area contributed by atoms with E-state index in [0.717, 1.165) is 18.5 Å². The number of hydrogen-bond donors (Lipinski definition) is 0. The monoisotopic (exact) mass is 355 g/mol. The molecule has 2 saturated heterocycles. The molecule has 0 aromatic carbocycles. The van der Waals surface area contributed by atoms with Gasteiger partial charge in [-0.05, 0) is 25.8 Å². The Morgan fingerprint density at radius 1 is 0.958 bits per heavy atom. The molecule has 3 rings (SSSR count). The first-order valence-corrected chi connectivity index (χ1v) is 9.89. The second-order valence-corrected chi connectivity index (χ2v) is 8.32. The molecule has 9 heteroatoms. The molecule has 0 bridgehead atoms. The third-order valence-electron chi connectivity index (χ3n) is 4.68. The Balaban J connectivity index is 1.52. The summed E-state index contributed by atoms with van der Waals surface area (Å²) in [7, 11) is -3.29. The van der Waals surface area contributed by atoms with Gasteiger partial charge in [-0.15, -0.1) is 0 Å². The molecule has 2 aliphatic heterocycles. The molecule has 1 aromatic rings. The van der Waals surface area contributed by atoms with E-state index in [2.05, 4.69) is 10.00 Å². The van der Waals surface area contributed by atoms with Gasteiger partial charge in [0.2, 0.25) is 0 Å². The predicted molar refractivity (Wildman–Crippen MR) is 91.0 cm³/mol. The molecule has 0 spiro atoms. The topological polar surface area (TPSA) is 78.8 Å². The van der Waals surface area contributed by atoms with Gasteiger partial charge in [0, 0.05) is 51.9 Å². The van der Waals surface area contributed by atoms with Gasteiger partial charge >= 0.3 is 0 Å². The molecule has 24 heavy (non-hydrogen) atoms. The van der Waals surface area contributed by atoms with Crippen LogP contribution >= 0.6 is 0 Å². The van der Waals surface area contributed by atoms with Gasteiger partial charge in [0.15, 0.2) is 0 Å². The highest BCUT2D eigenvalue weighted by atomic mass is 32.2. The average molecular weight is 355 g/mol. The minimum atomic E-state index is -3.29. The minimum absolute atomic E-state index is 0.101. The molecule has 2 fully saturated rings. The van der Waals surface area contributed by atoms with Crippen LogP contribution in [0.5, 0.6) is 0 Å². The summed E-state index contributed by atoms with van der Waals surface area (Å²) >= 11 is 0. The first-order chi connectivity index (χ1) is 11.5. The van der Waals surface area contributed by atoms with Crippen molar-refractivity contribution in [3.63, 3.8) is 0 Å². The zero-order valence-corrected chi connectivity index (χ0v) is 14.9. The molecule has 0 saturated carbocycles. The maximum absolute atomic E-state index is 12.5. The van der Waals surface area contributed by atoms with E-state index in [9.17, 15) is 13.2 Å². The highest BCUT2D eigenvalue weighted by molar-refractivity contribution is 7.86. The van der Waals surface area contributed by atoms with Gasteiger partial charge < -0.3 is 0 Å². The van der Waals surface area contributed by atoms with Crippen LogP contribution in [-0.4, -0.2) is 77.5 Å². The summed E-state index contributed by atoms with van der Waals surface area (Å²) < 4.78 is 29.7. The fourth-order valence-corrected chi connectivity index (χ4v) is 4.88. The Labute approximate surface area is 142 Å². The molecule has 0 atom stereocenters. The SMILES string of the molecule is Cc1ccc(=O)n(CCN2CCN(S(=O)(=O)N3CCCC3)CC2)n1. The molecule has 0 N–H and O–H groups in total. The number of aryl methyl sites for hydroxylation is 1. The third-order valence-corrected chi connectivity index (χ3v) is 6.71. The van der Waals surface area contributed by atoms with Crippen molar-refractivity contribution in [2.75, 3.05) is 45.8 Å². The summed E-state index contributed by atoms with van der Waals surface area (Å²) in [6, 6.07) is 3.24. The zero-order chi connectivity index (χ0) is 17.2. The van der Waals surface area contributed by atoms with Gasteiger partial charge in [-0.3, -0.25) is 9.69 Å². The van der Waals surface area contributed by atoms with Crippen molar-refractivity contribution in [3.8, 4) is 0 Å². The smallest absolute Gasteiger partial charge is 0.282 e. The number of piperazine rings is 1. The number of hydrogen-bond acceptors (Lipinski definition) is 5. The maximum atomic E-state index is 12.5. The fraction of sp³-hybridized carbons (Fsp3) is 0.733. The van der Waals surface area contributed by atoms with Crippen LogP contribution in [-0.2, 0) is 16.8 Å². The number of aromatic nitrogens is 2. The predicted octanol–water partition coefficient (Wildman–Crippen LogP) is -0.490. The maximum Gasteiger partial charge on any atom is 0.282 e. The molecular weight excluding hydrogens is 330 g/mol. The third kappa shape index (κ3) is 3.85. The van der Waals surface area contributed by atoms with E-state index in [1.807, 2.05) is 6.92 Å². The van der Waals surface area contributed by atoms with E-state index in [0.29, 0.717) is 52.4 Å². The Morgan fingerprint density at radius 2 is 1.58 bits per heavy atom. The Kier molecular flexibility index (Phi) is 5.33. The Morgan fingerprint density at radius 3 is 2.25 bits per heavy atom. The summed E-state index contributed by atoms with van der Waals surface area (Å²) in [5.74, 6) is 0. The van der Waals surface area contributed by atoms with Crippen molar-refractivity contribution in [2.45, 2.75) is 26.3 Å². The summed E-state index contributed by atoms with van der Waals surface area (Å²) in [5, 5.41) is 4.23. The summed E-state index contributed by atoms with van der Waals surface area (Å²) in [4.78, 5) is 14.0. The molecule has 8 nitrogen and oxygen atoms in total. The molecule has 2 aliphatic rings. The van der Waals surface area contributed by atoms with Crippen LogP contribution < -0.4 is 5.56 Å². The lowest BCUT2D eigenvalue weighted by molar-refractivity contribution is 0.175. The van der Waals surface area contributed by atoms with Crippen LogP contribution in [0.1, 0.15) is 18.5 Å². The van der Waals surface area contributed by atoms with Crippen LogP contribution in [0.3, 0.4) is 0 Å². The first kappa shape index (κ1) is 17.5. The minimum Gasteiger partial charge on any atom is -0.299 e. The molecular formula is C15H25N5O3S. The molecule has 0 amide bonds. The van der Waals surface area contributed by atoms with Crippen LogP contribution in [0.25, 0.3) is 0 Å².